The summed E-state index contributed by atoms with van der Waals surface area (Å²) in [5.74, 6) is -0.669. The van der Waals surface area contributed by atoms with E-state index in [0.29, 0.717) is 17.9 Å². The quantitative estimate of drug-likeness (QED) is 0.589. The minimum Gasteiger partial charge on any atom is -0.483 e. The number of hydrogen-bond acceptors (Lipinski definition) is 3. The number of para-hydroxylation sites is 1. The van der Waals surface area contributed by atoms with Gasteiger partial charge < -0.3 is 15.4 Å². The zero-order valence-electron chi connectivity index (χ0n) is 16.5. The van der Waals surface area contributed by atoms with Crippen molar-refractivity contribution < 1.29 is 18.7 Å². The molecule has 3 rings (SSSR count). The molecule has 0 fully saturated rings. The molecule has 0 bridgehead atoms. The molecule has 0 heterocycles. The van der Waals surface area contributed by atoms with Gasteiger partial charge in [-0.05, 0) is 41.5 Å². The average molecular weight is 406 g/mol. The second kappa shape index (κ2) is 10.2. The Balaban J connectivity index is 1.72. The minimum absolute atomic E-state index is 0.00624. The first-order valence-corrected chi connectivity index (χ1v) is 9.62. The molecule has 3 aromatic carbocycles. The number of ether oxygens (including phenoxy) is 1. The van der Waals surface area contributed by atoms with E-state index in [0.717, 1.165) is 11.1 Å². The van der Waals surface area contributed by atoms with Gasteiger partial charge in [0.05, 0.1) is 0 Å². The summed E-state index contributed by atoms with van der Waals surface area (Å²) >= 11 is 0. The Morgan fingerprint density at radius 3 is 2.27 bits per heavy atom. The molecule has 0 saturated heterocycles. The smallest absolute Gasteiger partial charge is 0.264 e. The van der Waals surface area contributed by atoms with Gasteiger partial charge in [0.1, 0.15) is 11.6 Å². The van der Waals surface area contributed by atoms with Crippen molar-refractivity contribution in [2.45, 2.75) is 12.8 Å². The van der Waals surface area contributed by atoms with Gasteiger partial charge in [0, 0.05) is 25.1 Å². The van der Waals surface area contributed by atoms with Crippen LogP contribution in [0.3, 0.4) is 0 Å². The first-order valence-electron chi connectivity index (χ1n) is 9.62. The van der Waals surface area contributed by atoms with E-state index in [1.165, 1.54) is 29.2 Å². The number of nitrogens with two attached hydrogens (primary N) is 1. The number of amides is 2. The fraction of sp³-hybridized carbons (Fsp3) is 0.167. The number of carbonyl (C=O) groups excluding carboxylic acids is 2. The molecule has 154 valence electrons. The molecule has 2 amide bonds. The molecule has 0 saturated carbocycles. The van der Waals surface area contributed by atoms with Crippen LogP contribution in [0.5, 0.6) is 5.75 Å². The van der Waals surface area contributed by atoms with E-state index in [-0.39, 0.29) is 25.5 Å². The van der Waals surface area contributed by atoms with Gasteiger partial charge in [-0.25, -0.2) is 4.39 Å². The standard InChI is InChI=1S/C24H23FN2O3/c25-20-10-12-21(13-11-20)27(15-14-23(26)28)24(29)17-30-22-9-5-4-8-19(22)16-18-6-2-1-3-7-18/h1-13H,14-17H2,(H2,26,28). The van der Waals surface area contributed by atoms with Gasteiger partial charge >= 0.3 is 0 Å². The fourth-order valence-electron chi connectivity index (χ4n) is 3.06. The van der Waals surface area contributed by atoms with Gasteiger partial charge in [-0.15, -0.1) is 0 Å². The first kappa shape index (κ1) is 21.0. The largest absolute Gasteiger partial charge is 0.483 e. The molecule has 0 unspecified atom stereocenters. The third-order valence-corrected chi connectivity index (χ3v) is 4.58. The van der Waals surface area contributed by atoms with Crippen LogP contribution in [-0.4, -0.2) is 25.0 Å². The predicted octanol–water partition coefficient (Wildman–Crippen LogP) is 3.70. The minimum atomic E-state index is -0.524. The van der Waals surface area contributed by atoms with Crippen molar-refractivity contribution in [1.82, 2.24) is 0 Å². The monoisotopic (exact) mass is 406 g/mol. The molecule has 5 nitrogen and oxygen atoms in total. The van der Waals surface area contributed by atoms with Crippen LogP contribution < -0.4 is 15.4 Å². The molecule has 0 aromatic heterocycles. The van der Waals surface area contributed by atoms with E-state index >= 15 is 0 Å². The van der Waals surface area contributed by atoms with Crippen LogP contribution in [0.25, 0.3) is 0 Å². The van der Waals surface area contributed by atoms with Crippen molar-refractivity contribution in [3.05, 3.63) is 95.8 Å². The van der Waals surface area contributed by atoms with Crippen LogP contribution in [0.15, 0.2) is 78.9 Å². The summed E-state index contributed by atoms with van der Waals surface area (Å²) < 4.78 is 19.1. The van der Waals surface area contributed by atoms with Crippen molar-refractivity contribution in [3.63, 3.8) is 0 Å². The lowest BCUT2D eigenvalue weighted by molar-refractivity contribution is -0.120. The Morgan fingerprint density at radius 1 is 0.900 bits per heavy atom. The van der Waals surface area contributed by atoms with E-state index in [9.17, 15) is 14.0 Å². The Hall–Kier alpha value is -3.67. The lowest BCUT2D eigenvalue weighted by atomic mass is 10.0. The molecule has 0 aliphatic heterocycles. The van der Waals surface area contributed by atoms with E-state index in [4.69, 9.17) is 10.5 Å². The molecular formula is C24H23FN2O3. The Kier molecular flexibility index (Phi) is 7.16. The highest BCUT2D eigenvalue weighted by Gasteiger charge is 2.18. The predicted molar refractivity (Wildman–Crippen MR) is 114 cm³/mol. The number of rotatable bonds is 9. The van der Waals surface area contributed by atoms with Crippen molar-refractivity contribution in [2.24, 2.45) is 5.73 Å². The third kappa shape index (κ3) is 5.91. The average Bonchev–Trinajstić information content (AvgIpc) is 2.75. The maximum absolute atomic E-state index is 13.3. The number of benzene rings is 3. The number of carbonyl (C=O) groups is 2. The van der Waals surface area contributed by atoms with E-state index in [2.05, 4.69) is 0 Å². The molecule has 30 heavy (non-hydrogen) atoms. The van der Waals surface area contributed by atoms with Gasteiger partial charge in [-0.1, -0.05) is 48.5 Å². The van der Waals surface area contributed by atoms with Gasteiger partial charge in [-0.2, -0.15) is 0 Å². The third-order valence-electron chi connectivity index (χ3n) is 4.58. The maximum Gasteiger partial charge on any atom is 0.264 e. The second-order valence-corrected chi connectivity index (χ2v) is 6.80. The highest BCUT2D eigenvalue weighted by molar-refractivity contribution is 5.95. The fourth-order valence-corrected chi connectivity index (χ4v) is 3.06. The Morgan fingerprint density at radius 2 is 1.57 bits per heavy atom. The van der Waals surface area contributed by atoms with Crippen LogP contribution in [0, 0.1) is 5.82 Å². The van der Waals surface area contributed by atoms with E-state index in [1.54, 1.807) is 0 Å². The van der Waals surface area contributed by atoms with E-state index < -0.39 is 11.7 Å². The van der Waals surface area contributed by atoms with E-state index in [1.807, 2.05) is 54.6 Å². The summed E-state index contributed by atoms with van der Waals surface area (Å²) in [7, 11) is 0. The number of primary amides is 1. The molecule has 0 radical (unpaired) electrons. The Labute approximate surface area is 174 Å². The SMILES string of the molecule is NC(=O)CCN(C(=O)COc1ccccc1Cc1ccccc1)c1ccc(F)cc1. The van der Waals surface area contributed by atoms with Crippen molar-refractivity contribution in [3.8, 4) is 5.75 Å². The van der Waals surface area contributed by atoms with Crippen LogP contribution in [0.1, 0.15) is 17.5 Å². The first-order chi connectivity index (χ1) is 14.5. The Bertz CT molecular complexity index is 991. The maximum atomic E-state index is 13.3. The number of nitrogens with zero attached hydrogens (tertiary/aromatic N) is 1. The summed E-state index contributed by atoms with van der Waals surface area (Å²) in [6.07, 6.45) is 0.669. The molecular weight excluding hydrogens is 383 g/mol. The lowest BCUT2D eigenvalue weighted by Gasteiger charge is -2.23. The van der Waals surface area contributed by atoms with Gasteiger partial charge in [-0.3, -0.25) is 9.59 Å². The molecule has 0 aliphatic carbocycles. The number of halogens is 1. The van der Waals surface area contributed by atoms with Crippen LogP contribution >= 0.6 is 0 Å². The van der Waals surface area contributed by atoms with Crippen molar-refractivity contribution in [1.29, 1.82) is 0 Å². The summed E-state index contributed by atoms with van der Waals surface area (Å²) in [4.78, 5) is 25.4. The zero-order valence-corrected chi connectivity index (χ0v) is 16.5. The highest BCUT2D eigenvalue weighted by atomic mass is 19.1. The number of anilines is 1. The van der Waals surface area contributed by atoms with Crippen LogP contribution in [0.4, 0.5) is 10.1 Å². The summed E-state index contributed by atoms with van der Waals surface area (Å²) in [5.41, 5.74) is 7.80. The summed E-state index contributed by atoms with van der Waals surface area (Å²) in [6.45, 7) is -0.128. The molecule has 0 aliphatic rings. The van der Waals surface area contributed by atoms with Crippen molar-refractivity contribution in [2.75, 3.05) is 18.1 Å². The molecule has 6 heteroatoms. The zero-order chi connectivity index (χ0) is 21.3. The highest BCUT2D eigenvalue weighted by Crippen LogP contribution is 2.22. The molecule has 0 spiro atoms. The molecule has 0 atom stereocenters. The molecule has 3 aromatic rings. The second-order valence-electron chi connectivity index (χ2n) is 6.80. The van der Waals surface area contributed by atoms with Crippen LogP contribution in [0.2, 0.25) is 0 Å². The molecule has 2 N–H and O–H groups in total. The lowest BCUT2D eigenvalue weighted by Crippen LogP contribution is -2.37. The summed E-state index contributed by atoms with van der Waals surface area (Å²) in [5, 5.41) is 0. The summed E-state index contributed by atoms with van der Waals surface area (Å²) in [6, 6.07) is 23.0. The number of hydrogen-bond donors (Lipinski definition) is 1. The van der Waals surface area contributed by atoms with Gasteiger partial charge in [0.15, 0.2) is 6.61 Å². The van der Waals surface area contributed by atoms with Gasteiger partial charge in [0.2, 0.25) is 5.91 Å². The topological polar surface area (TPSA) is 72.6 Å². The van der Waals surface area contributed by atoms with Gasteiger partial charge in [0.25, 0.3) is 5.91 Å². The van der Waals surface area contributed by atoms with Crippen LogP contribution in [-0.2, 0) is 16.0 Å². The normalized spacial score (nSPS) is 10.4. The van der Waals surface area contributed by atoms with Crippen molar-refractivity contribution >= 4 is 17.5 Å².